The van der Waals surface area contributed by atoms with E-state index in [1.54, 1.807) is 27.7 Å². The average molecular weight is 303 g/mol. The second kappa shape index (κ2) is 8.12. The van der Waals surface area contributed by atoms with E-state index in [-0.39, 0.29) is 13.2 Å². The predicted octanol–water partition coefficient (Wildman–Crippen LogP) is 2.13. The van der Waals surface area contributed by atoms with Crippen LogP contribution in [0.5, 0.6) is 0 Å². The van der Waals surface area contributed by atoms with Gasteiger partial charge in [-0.2, -0.15) is 0 Å². The Labute approximate surface area is 112 Å². The summed E-state index contributed by atoms with van der Waals surface area (Å²) in [7, 11) is -3.75. The number of rotatable bonds is 8. The van der Waals surface area contributed by atoms with E-state index in [0.29, 0.717) is 0 Å². The first kappa shape index (κ1) is 17.9. The van der Waals surface area contributed by atoms with Crippen molar-refractivity contribution in [3.63, 3.8) is 0 Å². The van der Waals surface area contributed by atoms with Gasteiger partial charge in [0.1, 0.15) is 0 Å². The Morgan fingerprint density at radius 3 is 2.06 bits per heavy atom. The lowest BCUT2D eigenvalue weighted by atomic mass is 10.4. The molecule has 0 saturated carbocycles. The Kier molecular flexibility index (Phi) is 8.06. The normalized spacial score (nSPS) is 15.5. The SMILES string of the molecule is CCOP(=O)(OCC)C(Cl)C(O)C(=O)OC(C)C. The summed E-state index contributed by atoms with van der Waals surface area (Å²) in [6.07, 6.45) is -2.17. The van der Waals surface area contributed by atoms with Gasteiger partial charge in [-0.25, -0.2) is 4.79 Å². The van der Waals surface area contributed by atoms with Gasteiger partial charge in [-0.1, -0.05) is 0 Å². The van der Waals surface area contributed by atoms with Crippen molar-refractivity contribution < 1.29 is 28.3 Å². The number of aliphatic hydroxyl groups excluding tert-OH is 1. The molecule has 0 radical (unpaired) electrons. The summed E-state index contributed by atoms with van der Waals surface area (Å²) in [6, 6.07) is 0. The zero-order chi connectivity index (χ0) is 14.3. The van der Waals surface area contributed by atoms with Crippen LogP contribution in [-0.4, -0.2) is 41.6 Å². The van der Waals surface area contributed by atoms with Gasteiger partial charge in [-0.05, 0) is 27.7 Å². The molecule has 0 fully saturated rings. The minimum atomic E-state index is -3.75. The van der Waals surface area contributed by atoms with Gasteiger partial charge < -0.3 is 18.9 Å². The van der Waals surface area contributed by atoms with Crippen molar-refractivity contribution in [2.24, 2.45) is 0 Å². The summed E-state index contributed by atoms with van der Waals surface area (Å²) in [5.74, 6) is -0.954. The molecule has 0 amide bonds. The molecule has 6 nitrogen and oxygen atoms in total. The zero-order valence-electron chi connectivity index (χ0n) is 11.0. The number of halogens is 1. The summed E-state index contributed by atoms with van der Waals surface area (Å²) < 4.78 is 26.9. The highest BCUT2D eigenvalue weighted by atomic mass is 35.5. The number of hydrogen-bond acceptors (Lipinski definition) is 6. The molecule has 0 aromatic rings. The lowest BCUT2D eigenvalue weighted by Crippen LogP contribution is -2.34. The van der Waals surface area contributed by atoms with Crippen LogP contribution in [0.3, 0.4) is 0 Å². The highest BCUT2D eigenvalue weighted by Crippen LogP contribution is 2.56. The van der Waals surface area contributed by atoms with Crippen molar-refractivity contribution in [3.8, 4) is 0 Å². The quantitative estimate of drug-likeness (QED) is 0.420. The van der Waals surface area contributed by atoms with Gasteiger partial charge >= 0.3 is 13.6 Å². The highest BCUT2D eigenvalue weighted by Gasteiger charge is 2.43. The van der Waals surface area contributed by atoms with Crippen LogP contribution in [0.2, 0.25) is 0 Å². The molecule has 0 aromatic carbocycles. The van der Waals surface area contributed by atoms with Crippen LogP contribution in [0, 0.1) is 0 Å². The summed E-state index contributed by atoms with van der Waals surface area (Å²) in [5, 5.41) is 8.19. The van der Waals surface area contributed by atoms with E-state index in [4.69, 9.17) is 25.4 Å². The van der Waals surface area contributed by atoms with Crippen LogP contribution >= 0.6 is 19.2 Å². The Hall–Kier alpha value is -0.130. The van der Waals surface area contributed by atoms with Gasteiger partial charge in [0.05, 0.1) is 19.3 Å². The molecule has 0 aliphatic carbocycles. The van der Waals surface area contributed by atoms with Gasteiger partial charge in [-0.15, -0.1) is 11.6 Å². The summed E-state index contributed by atoms with van der Waals surface area (Å²) >= 11 is 5.81. The van der Waals surface area contributed by atoms with Gasteiger partial charge in [0.25, 0.3) is 0 Å². The number of alkyl halides is 1. The fraction of sp³-hybridized carbons (Fsp3) is 0.900. The molecule has 0 aliphatic rings. The van der Waals surface area contributed by atoms with Crippen LogP contribution in [0.15, 0.2) is 0 Å². The molecule has 2 unspecified atom stereocenters. The summed E-state index contributed by atoms with van der Waals surface area (Å²) in [6.45, 7) is 6.64. The minimum Gasteiger partial charge on any atom is -0.461 e. The van der Waals surface area contributed by atoms with Crippen LogP contribution in [0.1, 0.15) is 27.7 Å². The number of carbonyl (C=O) groups is 1. The number of hydrogen-bond donors (Lipinski definition) is 1. The van der Waals surface area contributed by atoms with Crippen LogP contribution in [-0.2, 0) is 23.1 Å². The Morgan fingerprint density at radius 2 is 1.72 bits per heavy atom. The molecule has 0 rings (SSSR count). The number of aliphatic hydroxyl groups is 1. The standard InChI is InChI=1S/C10H20ClO6P/c1-5-15-18(14,16-6-2)9(11)8(12)10(13)17-7(3)4/h7-9,12H,5-6H2,1-4H3. The summed E-state index contributed by atoms with van der Waals surface area (Å²) in [4.78, 5) is 11.5. The Bertz CT molecular complexity index is 299. The fourth-order valence-corrected chi connectivity index (χ4v) is 3.11. The largest absolute Gasteiger partial charge is 0.461 e. The van der Waals surface area contributed by atoms with Crippen molar-refractivity contribution in [2.45, 2.75) is 45.0 Å². The van der Waals surface area contributed by atoms with E-state index >= 15 is 0 Å². The average Bonchev–Trinajstić information content (AvgIpc) is 2.26. The van der Waals surface area contributed by atoms with Gasteiger partial charge in [0.2, 0.25) is 0 Å². The van der Waals surface area contributed by atoms with Gasteiger partial charge in [0.15, 0.2) is 11.2 Å². The molecule has 0 aliphatic heterocycles. The predicted molar refractivity (Wildman–Crippen MR) is 67.7 cm³/mol. The smallest absolute Gasteiger partial charge is 0.351 e. The monoisotopic (exact) mass is 302 g/mol. The van der Waals surface area contributed by atoms with E-state index in [9.17, 15) is 14.5 Å². The zero-order valence-corrected chi connectivity index (χ0v) is 12.6. The third-order valence-corrected chi connectivity index (χ3v) is 4.85. The van der Waals surface area contributed by atoms with E-state index < -0.39 is 30.9 Å². The van der Waals surface area contributed by atoms with Crippen molar-refractivity contribution in [1.29, 1.82) is 0 Å². The van der Waals surface area contributed by atoms with E-state index in [1.807, 2.05) is 0 Å². The molecule has 0 aromatic heterocycles. The second-order valence-corrected chi connectivity index (χ2v) is 6.61. The third kappa shape index (κ3) is 5.24. The molecule has 0 heterocycles. The maximum absolute atomic E-state index is 12.2. The van der Waals surface area contributed by atoms with Crippen LogP contribution < -0.4 is 0 Å². The second-order valence-electron chi connectivity index (χ2n) is 3.68. The fourth-order valence-electron chi connectivity index (χ4n) is 1.13. The molecule has 0 spiro atoms. The van der Waals surface area contributed by atoms with Crippen molar-refractivity contribution >= 4 is 25.2 Å². The molecule has 18 heavy (non-hydrogen) atoms. The molecule has 108 valence electrons. The van der Waals surface area contributed by atoms with Crippen molar-refractivity contribution in [2.75, 3.05) is 13.2 Å². The molecular weight excluding hydrogens is 283 g/mol. The van der Waals surface area contributed by atoms with E-state index in [0.717, 1.165) is 0 Å². The molecular formula is C10H20ClO6P. The number of carbonyl (C=O) groups excluding carboxylic acids is 1. The van der Waals surface area contributed by atoms with Crippen LogP contribution in [0.25, 0.3) is 0 Å². The van der Waals surface area contributed by atoms with Crippen LogP contribution in [0.4, 0.5) is 0 Å². The first-order chi connectivity index (χ1) is 8.28. The van der Waals surface area contributed by atoms with Gasteiger partial charge in [0, 0.05) is 0 Å². The number of ether oxygens (including phenoxy) is 1. The lowest BCUT2D eigenvalue weighted by Gasteiger charge is -2.24. The molecule has 0 bridgehead atoms. The van der Waals surface area contributed by atoms with Crippen molar-refractivity contribution in [1.82, 2.24) is 0 Å². The molecule has 1 N–H and O–H groups in total. The number of esters is 1. The summed E-state index contributed by atoms with van der Waals surface area (Å²) in [5.41, 5.74) is 0. The molecule has 8 heteroatoms. The molecule has 0 saturated heterocycles. The van der Waals surface area contributed by atoms with Gasteiger partial charge in [-0.3, -0.25) is 4.57 Å². The maximum atomic E-state index is 12.2. The first-order valence-electron chi connectivity index (χ1n) is 5.69. The third-order valence-electron chi connectivity index (χ3n) is 1.77. The molecule has 2 atom stereocenters. The van der Waals surface area contributed by atoms with E-state index in [1.165, 1.54) is 0 Å². The van der Waals surface area contributed by atoms with Crippen molar-refractivity contribution in [3.05, 3.63) is 0 Å². The lowest BCUT2D eigenvalue weighted by molar-refractivity contribution is -0.156. The Balaban J connectivity index is 4.80. The van der Waals surface area contributed by atoms with E-state index in [2.05, 4.69) is 0 Å². The maximum Gasteiger partial charge on any atom is 0.351 e. The minimum absolute atomic E-state index is 0.0897. The Morgan fingerprint density at radius 1 is 1.28 bits per heavy atom. The topological polar surface area (TPSA) is 82.1 Å². The highest BCUT2D eigenvalue weighted by molar-refractivity contribution is 7.56. The first-order valence-corrected chi connectivity index (χ1v) is 7.74.